The first kappa shape index (κ1) is 21.4. The number of rotatable bonds is 6. The Hall–Kier alpha value is -3.83. The van der Waals surface area contributed by atoms with E-state index >= 15 is 0 Å². The number of aromatic amines is 1. The minimum absolute atomic E-state index is 0.0879. The minimum Gasteiger partial charge on any atom is -0.281 e. The Balaban J connectivity index is 1.89. The number of hydrogen-bond donors (Lipinski definition) is 3. The zero-order valence-electron chi connectivity index (χ0n) is 17.6. The molecule has 0 bridgehead atoms. The Morgan fingerprint density at radius 2 is 1.81 bits per heavy atom. The van der Waals surface area contributed by atoms with Gasteiger partial charge in [-0.1, -0.05) is 73.1 Å². The highest BCUT2D eigenvalue weighted by atomic mass is 35.5. The summed E-state index contributed by atoms with van der Waals surface area (Å²) in [6, 6.07) is 22.4. The average molecular weight is 440 g/mol. The van der Waals surface area contributed by atoms with Gasteiger partial charge < -0.3 is 0 Å². The molecule has 1 heterocycles. The molecule has 0 aliphatic heterocycles. The van der Waals surface area contributed by atoms with Crippen LogP contribution >= 0.6 is 11.6 Å². The second-order valence-electron chi connectivity index (χ2n) is 7.31. The maximum Gasteiger partial charge on any atom is 0.166 e. The van der Waals surface area contributed by atoms with Crippen molar-refractivity contribution in [3.63, 3.8) is 0 Å². The highest BCUT2D eigenvalue weighted by molar-refractivity contribution is 6.32. The number of nitrogens with one attached hydrogen (secondary N) is 3. The first-order valence-electron chi connectivity index (χ1n) is 10.3. The van der Waals surface area contributed by atoms with Crippen molar-refractivity contribution in [3.8, 4) is 0 Å². The van der Waals surface area contributed by atoms with Crippen molar-refractivity contribution in [1.29, 1.82) is 10.9 Å². The molecule has 0 aliphatic rings. The molecular formula is C26H22ClN5. The summed E-state index contributed by atoms with van der Waals surface area (Å²) < 4.78 is 0. The molecule has 0 radical (unpaired) electrons. The van der Waals surface area contributed by atoms with Crippen molar-refractivity contribution in [2.45, 2.75) is 13.3 Å². The number of amidine groups is 1. The highest BCUT2D eigenvalue weighted by Gasteiger charge is 2.15. The van der Waals surface area contributed by atoms with Crippen LogP contribution in [-0.4, -0.2) is 16.0 Å². The van der Waals surface area contributed by atoms with Crippen molar-refractivity contribution in [2.75, 3.05) is 0 Å². The maximum absolute atomic E-state index is 7.49. The van der Waals surface area contributed by atoms with Gasteiger partial charge in [-0.3, -0.25) is 10.5 Å². The molecule has 0 atom stereocenters. The molecule has 0 aliphatic carbocycles. The van der Waals surface area contributed by atoms with E-state index in [0.717, 1.165) is 55.7 Å². The summed E-state index contributed by atoms with van der Waals surface area (Å²) in [7, 11) is 0. The van der Waals surface area contributed by atoms with E-state index in [0.29, 0.717) is 0 Å². The molecule has 6 heteroatoms. The summed E-state index contributed by atoms with van der Waals surface area (Å²) in [4.78, 5) is 0. The Morgan fingerprint density at radius 1 is 1.06 bits per heavy atom. The first-order valence-corrected chi connectivity index (χ1v) is 10.6. The van der Waals surface area contributed by atoms with Gasteiger partial charge in [0, 0.05) is 10.4 Å². The molecule has 0 saturated heterocycles. The van der Waals surface area contributed by atoms with Crippen LogP contribution in [0.5, 0.6) is 0 Å². The van der Waals surface area contributed by atoms with Crippen LogP contribution in [0.1, 0.15) is 35.6 Å². The van der Waals surface area contributed by atoms with Gasteiger partial charge in [-0.15, -0.1) is 5.11 Å². The van der Waals surface area contributed by atoms with Crippen LogP contribution in [0, 0.1) is 10.9 Å². The highest BCUT2D eigenvalue weighted by Crippen LogP contribution is 2.37. The van der Waals surface area contributed by atoms with Gasteiger partial charge in [-0.25, -0.2) is 5.53 Å². The number of H-pyrrole nitrogens is 1. The third kappa shape index (κ3) is 4.43. The number of fused-ring (bicyclic) bond motifs is 1. The van der Waals surface area contributed by atoms with E-state index in [1.807, 2.05) is 42.6 Å². The van der Waals surface area contributed by atoms with Crippen LogP contribution in [-0.2, 0) is 0 Å². The van der Waals surface area contributed by atoms with Gasteiger partial charge in [0.15, 0.2) is 5.84 Å². The van der Waals surface area contributed by atoms with Gasteiger partial charge in [-0.2, -0.15) is 5.10 Å². The van der Waals surface area contributed by atoms with Crippen molar-refractivity contribution in [3.05, 3.63) is 106 Å². The van der Waals surface area contributed by atoms with E-state index in [4.69, 9.17) is 22.5 Å². The van der Waals surface area contributed by atoms with Crippen LogP contribution in [0.15, 0.2) is 84.1 Å². The lowest BCUT2D eigenvalue weighted by atomic mass is 9.87. The predicted molar refractivity (Wildman–Crippen MR) is 132 cm³/mol. The molecule has 4 rings (SSSR count). The summed E-state index contributed by atoms with van der Waals surface area (Å²) in [5.74, 6) is -0.0879. The molecule has 0 amide bonds. The zero-order valence-corrected chi connectivity index (χ0v) is 18.3. The fourth-order valence-corrected chi connectivity index (χ4v) is 4.04. The van der Waals surface area contributed by atoms with Gasteiger partial charge in [0.2, 0.25) is 0 Å². The summed E-state index contributed by atoms with van der Waals surface area (Å²) in [6.45, 7) is 2.14. The third-order valence-corrected chi connectivity index (χ3v) is 5.67. The fourth-order valence-electron chi connectivity index (χ4n) is 3.79. The van der Waals surface area contributed by atoms with Gasteiger partial charge >= 0.3 is 0 Å². The second kappa shape index (κ2) is 9.54. The number of benzene rings is 3. The van der Waals surface area contributed by atoms with Crippen molar-refractivity contribution in [1.82, 2.24) is 10.2 Å². The van der Waals surface area contributed by atoms with Gasteiger partial charge in [0.25, 0.3) is 0 Å². The average Bonchev–Trinajstić information content (AvgIpc) is 3.30. The van der Waals surface area contributed by atoms with Crippen molar-refractivity contribution < 1.29 is 0 Å². The van der Waals surface area contributed by atoms with E-state index in [2.05, 4.69) is 52.6 Å². The number of allylic oxidation sites excluding steroid dienone is 1. The Morgan fingerprint density at radius 3 is 2.53 bits per heavy atom. The summed E-state index contributed by atoms with van der Waals surface area (Å²) in [5, 5.41) is 19.5. The molecule has 3 aromatic carbocycles. The maximum atomic E-state index is 7.49. The number of aromatic nitrogens is 2. The Labute approximate surface area is 191 Å². The van der Waals surface area contributed by atoms with E-state index in [9.17, 15) is 0 Å². The lowest BCUT2D eigenvalue weighted by Gasteiger charge is -2.17. The smallest absolute Gasteiger partial charge is 0.166 e. The van der Waals surface area contributed by atoms with Gasteiger partial charge in [0.1, 0.15) is 0 Å². The largest absolute Gasteiger partial charge is 0.281 e. The van der Waals surface area contributed by atoms with E-state index in [1.165, 1.54) is 6.08 Å². The van der Waals surface area contributed by atoms with Gasteiger partial charge in [0.05, 0.1) is 11.7 Å². The van der Waals surface area contributed by atoms with Gasteiger partial charge in [-0.05, 0) is 64.1 Å². The molecule has 0 fully saturated rings. The van der Waals surface area contributed by atoms with E-state index in [-0.39, 0.29) is 5.84 Å². The molecule has 0 unspecified atom stereocenters. The predicted octanol–water partition coefficient (Wildman–Crippen LogP) is 7.61. The summed E-state index contributed by atoms with van der Waals surface area (Å²) >= 11 is 6.60. The normalized spacial score (nSPS) is 12.2. The van der Waals surface area contributed by atoms with Crippen LogP contribution in [0.25, 0.3) is 28.1 Å². The fraction of sp³-hybridized carbons (Fsp3) is 0.0769. The topological polar surface area (TPSA) is 88.7 Å². The SMILES string of the molecule is CC/C(=C(/c1ccc(/C=C/C(=N)N=N)cc1)c1ccc2[nH]ncc2c1)c1ccccc1Cl. The zero-order chi connectivity index (χ0) is 22.5. The number of hydrogen-bond acceptors (Lipinski definition) is 3. The molecule has 3 N–H and O–H groups in total. The lowest BCUT2D eigenvalue weighted by molar-refractivity contribution is 1.12. The molecule has 4 aromatic rings. The number of nitrogens with zero attached hydrogens (tertiary/aromatic N) is 2. The molecule has 0 saturated carbocycles. The molecule has 158 valence electrons. The number of halogens is 1. The first-order chi connectivity index (χ1) is 15.6. The molecule has 32 heavy (non-hydrogen) atoms. The summed E-state index contributed by atoms with van der Waals surface area (Å²) in [5.41, 5.74) is 14.3. The monoisotopic (exact) mass is 439 g/mol. The van der Waals surface area contributed by atoms with Crippen LogP contribution in [0.3, 0.4) is 0 Å². The van der Waals surface area contributed by atoms with Crippen LogP contribution in [0.4, 0.5) is 0 Å². The standard InChI is InChI=1S/C26H22ClN5/c1-2-21(22-5-3-4-6-23(22)27)26(19-12-13-24-20(15-19)16-30-32-24)18-10-7-17(8-11-18)9-14-25(28)31-29/h3-16,28-29H,2H2,1H3,(H,30,32)/b14-9+,26-21+,28-25?,31-29?. The third-order valence-electron chi connectivity index (χ3n) is 5.34. The van der Waals surface area contributed by atoms with E-state index < -0.39 is 0 Å². The molecule has 0 spiro atoms. The molecule has 1 aromatic heterocycles. The quantitative estimate of drug-likeness (QED) is 0.123. The lowest BCUT2D eigenvalue weighted by Crippen LogP contribution is -1.96. The van der Waals surface area contributed by atoms with Crippen LogP contribution < -0.4 is 0 Å². The second-order valence-corrected chi connectivity index (χ2v) is 7.72. The molecular weight excluding hydrogens is 418 g/mol. The van der Waals surface area contributed by atoms with E-state index in [1.54, 1.807) is 6.08 Å². The molecule has 5 nitrogen and oxygen atoms in total. The van der Waals surface area contributed by atoms with Crippen molar-refractivity contribution in [2.24, 2.45) is 5.11 Å². The Kier molecular flexibility index (Phi) is 6.38. The minimum atomic E-state index is -0.0879. The van der Waals surface area contributed by atoms with Crippen LogP contribution in [0.2, 0.25) is 5.02 Å². The summed E-state index contributed by atoms with van der Waals surface area (Å²) in [6.07, 6.45) is 5.93. The Bertz CT molecular complexity index is 1350. The van der Waals surface area contributed by atoms with Crippen molar-refractivity contribution >= 4 is 45.6 Å².